The molecule has 1 aromatic rings. The molecule has 4 heteroatoms. The van der Waals surface area contributed by atoms with Crippen LogP contribution >= 0.6 is 0 Å². The Hall–Kier alpha value is -1.84. The molecule has 0 aliphatic heterocycles. The van der Waals surface area contributed by atoms with Gasteiger partial charge in [0.15, 0.2) is 0 Å². The van der Waals surface area contributed by atoms with Crippen molar-refractivity contribution in [1.82, 2.24) is 0 Å². The molecular formula is C9H10N2O2. The quantitative estimate of drug-likeness (QED) is 0.420. The van der Waals surface area contributed by atoms with E-state index in [9.17, 15) is 0 Å². The van der Waals surface area contributed by atoms with Gasteiger partial charge in [0, 0.05) is 12.6 Å². The van der Waals surface area contributed by atoms with Gasteiger partial charge in [-0.3, -0.25) is 0 Å². The largest absolute Gasteiger partial charge is 0.411 e. The summed E-state index contributed by atoms with van der Waals surface area (Å²) in [6, 6.07) is 9.20. The zero-order valence-electron chi connectivity index (χ0n) is 6.96. The zero-order valence-corrected chi connectivity index (χ0v) is 6.96. The highest BCUT2D eigenvalue weighted by molar-refractivity contribution is 6.06. The van der Waals surface area contributed by atoms with Crippen molar-refractivity contribution in [2.45, 2.75) is 6.42 Å². The molecule has 0 heterocycles. The van der Waals surface area contributed by atoms with E-state index in [1.54, 1.807) is 0 Å². The third kappa shape index (κ3) is 2.59. The minimum atomic E-state index is 0.303. The summed E-state index contributed by atoms with van der Waals surface area (Å²) in [4.78, 5) is 0. The van der Waals surface area contributed by atoms with Crippen LogP contribution < -0.4 is 0 Å². The molecule has 0 aliphatic rings. The Morgan fingerprint density at radius 2 is 1.92 bits per heavy atom. The number of hydrogen-bond donors (Lipinski definition) is 2. The molecule has 0 radical (unpaired) electrons. The minimum absolute atomic E-state index is 0.303. The summed E-state index contributed by atoms with van der Waals surface area (Å²) in [5, 5.41) is 22.8. The van der Waals surface area contributed by atoms with E-state index >= 15 is 0 Å². The highest BCUT2D eigenvalue weighted by atomic mass is 16.4. The van der Waals surface area contributed by atoms with Crippen LogP contribution in [0.4, 0.5) is 0 Å². The molecule has 0 spiro atoms. The molecule has 0 atom stereocenters. The second kappa shape index (κ2) is 4.92. The fourth-order valence-electron chi connectivity index (χ4n) is 0.974. The van der Waals surface area contributed by atoms with E-state index in [-0.39, 0.29) is 0 Å². The van der Waals surface area contributed by atoms with Crippen LogP contribution in [0.1, 0.15) is 12.0 Å². The van der Waals surface area contributed by atoms with Gasteiger partial charge in [0.05, 0.1) is 5.71 Å². The van der Waals surface area contributed by atoms with E-state index in [0.29, 0.717) is 12.1 Å². The van der Waals surface area contributed by atoms with E-state index in [1.165, 1.54) is 6.21 Å². The van der Waals surface area contributed by atoms with E-state index in [2.05, 4.69) is 10.3 Å². The Bertz CT molecular complexity index is 307. The summed E-state index contributed by atoms with van der Waals surface area (Å²) in [5.74, 6) is 0. The van der Waals surface area contributed by atoms with Crippen LogP contribution in [0.25, 0.3) is 0 Å². The standard InChI is InChI=1S/C9H10N2O2/c12-10-7-6-9(11-13)8-4-2-1-3-5-8/h1-5,7,12-13H,6H2. The van der Waals surface area contributed by atoms with Crippen molar-refractivity contribution in [1.29, 1.82) is 0 Å². The first-order chi connectivity index (χ1) is 6.38. The molecule has 1 aromatic carbocycles. The fraction of sp³-hybridized carbons (Fsp3) is 0.111. The Labute approximate surface area is 75.8 Å². The molecule has 0 saturated carbocycles. The highest BCUT2D eigenvalue weighted by Crippen LogP contribution is 2.02. The molecule has 0 bridgehead atoms. The second-order valence-electron chi connectivity index (χ2n) is 2.41. The van der Waals surface area contributed by atoms with Gasteiger partial charge in [0.25, 0.3) is 0 Å². The van der Waals surface area contributed by atoms with Crippen molar-refractivity contribution < 1.29 is 10.4 Å². The van der Waals surface area contributed by atoms with E-state index in [1.807, 2.05) is 30.3 Å². The predicted molar refractivity (Wildman–Crippen MR) is 49.7 cm³/mol. The number of benzene rings is 1. The van der Waals surface area contributed by atoms with Crippen LogP contribution in [-0.4, -0.2) is 22.3 Å². The third-order valence-electron chi connectivity index (χ3n) is 1.59. The van der Waals surface area contributed by atoms with Crippen LogP contribution in [0.3, 0.4) is 0 Å². The van der Waals surface area contributed by atoms with E-state index < -0.39 is 0 Å². The lowest BCUT2D eigenvalue weighted by Crippen LogP contribution is -2.01. The Morgan fingerprint density at radius 1 is 1.23 bits per heavy atom. The highest BCUT2D eigenvalue weighted by Gasteiger charge is 2.00. The summed E-state index contributed by atoms with van der Waals surface area (Å²) < 4.78 is 0. The molecule has 0 aliphatic carbocycles. The van der Waals surface area contributed by atoms with Gasteiger partial charge >= 0.3 is 0 Å². The molecule has 4 nitrogen and oxygen atoms in total. The lowest BCUT2D eigenvalue weighted by atomic mass is 10.1. The number of oxime groups is 2. The number of rotatable bonds is 3. The van der Waals surface area contributed by atoms with Crippen LogP contribution in [0.15, 0.2) is 40.6 Å². The maximum Gasteiger partial charge on any atom is 0.0922 e. The van der Waals surface area contributed by atoms with Gasteiger partial charge < -0.3 is 10.4 Å². The van der Waals surface area contributed by atoms with Crippen LogP contribution in [0.2, 0.25) is 0 Å². The van der Waals surface area contributed by atoms with Gasteiger partial charge in [-0.15, -0.1) is 5.16 Å². The average Bonchev–Trinajstić information content (AvgIpc) is 2.21. The average molecular weight is 178 g/mol. The Morgan fingerprint density at radius 3 is 2.46 bits per heavy atom. The van der Waals surface area contributed by atoms with Gasteiger partial charge in [-0.25, -0.2) is 0 Å². The van der Waals surface area contributed by atoms with Crippen LogP contribution in [-0.2, 0) is 0 Å². The maximum absolute atomic E-state index is 8.65. The minimum Gasteiger partial charge on any atom is -0.411 e. The zero-order chi connectivity index (χ0) is 9.52. The molecule has 68 valence electrons. The monoisotopic (exact) mass is 178 g/mol. The molecule has 0 amide bonds. The third-order valence-corrected chi connectivity index (χ3v) is 1.59. The maximum atomic E-state index is 8.65. The summed E-state index contributed by atoms with van der Waals surface area (Å²) >= 11 is 0. The topological polar surface area (TPSA) is 65.2 Å². The van der Waals surface area contributed by atoms with E-state index in [0.717, 1.165) is 5.56 Å². The lowest BCUT2D eigenvalue weighted by Gasteiger charge is -1.99. The molecule has 0 saturated heterocycles. The second-order valence-corrected chi connectivity index (χ2v) is 2.41. The lowest BCUT2D eigenvalue weighted by molar-refractivity contribution is 0.317. The van der Waals surface area contributed by atoms with E-state index in [4.69, 9.17) is 10.4 Å². The normalized spacial score (nSPS) is 12.2. The molecule has 0 unspecified atom stereocenters. The van der Waals surface area contributed by atoms with Gasteiger partial charge in [-0.05, 0) is 5.56 Å². The number of hydrogen-bond acceptors (Lipinski definition) is 4. The summed E-state index contributed by atoms with van der Waals surface area (Å²) in [6.07, 6.45) is 1.57. The molecule has 0 fully saturated rings. The van der Waals surface area contributed by atoms with Crippen molar-refractivity contribution in [2.24, 2.45) is 10.3 Å². The Kier molecular flexibility index (Phi) is 3.50. The smallest absolute Gasteiger partial charge is 0.0922 e. The van der Waals surface area contributed by atoms with Crippen molar-refractivity contribution in [3.8, 4) is 0 Å². The Balaban J connectivity index is 2.80. The molecule has 1 rings (SSSR count). The van der Waals surface area contributed by atoms with Gasteiger partial charge in [-0.1, -0.05) is 35.5 Å². The SMILES string of the molecule is ON=CCC(=NO)c1ccccc1. The molecule has 0 aromatic heterocycles. The van der Waals surface area contributed by atoms with Crippen molar-refractivity contribution >= 4 is 11.9 Å². The van der Waals surface area contributed by atoms with Gasteiger partial charge in [0.2, 0.25) is 0 Å². The first-order valence-corrected chi connectivity index (χ1v) is 3.80. The first kappa shape index (κ1) is 9.25. The predicted octanol–water partition coefficient (Wildman–Crippen LogP) is 1.71. The summed E-state index contributed by atoms with van der Waals surface area (Å²) in [5.41, 5.74) is 1.28. The van der Waals surface area contributed by atoms with Crippen molar-refractivity contribution in [2.75, 3.05) is 0 Å². The molecule has 2 N–H and O–H groups in total. The van der Waals surface area contributed by atoms with Crippen molar-refractivity contribution in [3.63, 3.8) is 0 Å². The number of nitrogens with zero attached hydrogens (tertiary/aromatic N) is 2. The summed E-state index contributed by atoms with van der Waals surface area (Å²) in [6.45, 7) is 0. The van der Waals surface area contributed by atoms with Gasteiger partial charge in [0.1, 0.15) is 0 Å². The van der Waals surface area contributed by atoms with Crippen LogP contribution in [0.5, 0.6) is 0 Å². The molecular weight excluding hydrogens is 168 g/mol. The van der Waals surface area contributed by atoms with Crippen LogP contribution in [0, 0.1) is 0 Å². The van der Waals surface area contributed by atoms with Gasteiger partial charge in [-0.2, -0.15) is 0 Å². The first-order valence-electron chi connectivity index (χ1n) is 3.80. The molecule has 13 heavy (non-hydrogen) atoms. The fourth-order valence-corrected chi connectivity index (χ4v) is 0.974. The van der Waals surface area contributed by atoms with Crippen molar-refractivity contribution in [3.05, 3.63) is 35.9 Å². The summed E-state index contributed by atoms with van der Waals surface area (Å²) in [7, 11) is 0.